The second-order valence-electron chi connectivity index (χ2n) is 1.70. The summed E-state index contributed by atoms with van der Waals surface area (Å²) in [5.74, 6) is 0. The van der Waals surface area contributed by atoms with Crippen molar-refractivity contribution >= 4 is 5.71 Å². The molecule has 0 aromatic heterocycles. The topological polar surface area (TPSA) is 49.9 Å². The van der Waals surface area contributed by atoms with Gasteiger partial charge in [-0.2, -0.15) is 0 Å². The van der Waals surface area contributed by atoms with Gasteiger partial charge >= 0.3 is 0 Å². The predicted molar refractivity (Wildman–Crippen MR) is 31.7 cm³/mol. The molecule has 0 bridgehead atoms. The first-order valence-electron chi connectivity index (χ1n) is 2.49. The van der Waals surface area contributed by atoms with Crippen LogP contribution in [0.4, 0.5) is 0 Å². The summed E-state index contributed by atoms with van der Waals surface area (Å²) < 4.78 is 0. The Morgan fingerprint density at radius 2 is 2.29 bits per heavy atom. The monoisotopic (exact) mass is 100 g/mol. The lowest BCUT2D eigenvalue weighted by Gasteiger charge is -2.02. The molecule has 0 aliphatic heterocycles. The van der Waals surface area contributed by atoms with E-state index in [1.165, 1.54) is 0 Å². The van der Waals surface area contributed by atoms with E-state index < -0.39 is 0 Å². The van der Waals surface area contributed by atoms with Crippen LogP contribution in [-0.2, 0) is 0 Å². The third-order valence-corrected chi connectivity index (χ3v) is 0.996. The van der Waals surface area contributed by atoms with Crippen LogP contribution in [0.15, 0.2) is 0 Å². The van der Waals surface area contributed by atoms with Crippen molar-refractivity contribution in [1.29, 1.82) is 5.41 Å². The smallest absolute Gasteiger partial charge is 0.0417 e. The predicted octanol–water partition coefficient (Wildman–Crippen LogP) is 0.763. The molecule has 7 heavy (non-hydrogen) atoms. The van der Waals surface area contributed by atoms with Crippen LogP contribution in [0.3, 0.4) is 0 Å². The zero-order valence-corrected chi connectivity index (χ0v) is 4.86. The molecule has 0 spiro atoms. The van der Waals surface area contributed by atoms with Crippen molar-refractivity contribution in [3.05, 3.63) is 0 Å². The summed E-state index contributed by atoms with van der Waals surface area (Å²) in [6.07, 6.45) is 0.870. The highest BCUT2D eigenvalue weighted by Gasteiger charge is 1.97. The summed E-state index contributed by atoms with van der Waals surface area (Å²) in [4.78, 5) is 0. The number of nitrogens with one attached hydrogen (secondary N) is 1. The summed E-state index contributed by atoms with van der Waals surface area (Å²) in [6, 6.07) is -0.0139. The molecule has 0 aromatic rings. The van der Waals surface area contributed by atoms with Crippen LogP contribution >= 0.6 is 0 Å². The van der Waals surface area contributed by atoms with Gasteiger partial charge in [0.1, 0.15) is 0 Å². The van der Waals surface area contributed by atoms with E-state index in [1.807, 2.05) is 6.92 Å². The zero-order valence-electron chi connectivity index (χ0n) is 4.86. The molecule has 0 saturated carbocycles. The molecule has 0 aliphatic rings. The number of nitrogens with two attached hydrogens (primary N) is 1. The van der Waals surface area contributed by atoms with E-state index >= 15 is 0 Å². The van der Waals surface area contributed by atoms with Crippen molar-refractivity contribution in [2.24, 2.45) is 5.73 Å². The maximum Gasteiger partial charge on any atom is 0.0417 e. The third-order valence-electron chi connectivity index (χ3n) is 0.996. The van der Waals surface area contributed by atoms with Gasteiger partial charge in [0, 0.05) is 11.8 Å². The average Bonchev–Trinajstić information content (AvgIpc) is 1.65. The van der Waals surface area contributed by atoms with Crippen molar-refractivity contribution in [3.63, 3.8) is 0 Å². The van der Waals surface area contributed by atoms with Gasteiger partial charge in [0.2, 0.25) is 0 Å². The lowest BCUT2D eigenvalue weighted by atomic mass is 10.2. The first-order valence-corrected chi connectivity index (χ1v) is 2.49. The lowest BCUT2D eigenvalue weighted by molar-refractivity contribution is 0.811. The Hall–Kier alpha value is -0.370. The summed E-state index contributed by atoms with van der Waals surface area (Å²) in [6.45, 7) is 3.71. The fourth-order valence-electron chi connectivity index (χ4n) is 0.306. The Bertz CT molecular complexity index is 68.5. The van der Waals surface area contributed by atoms with Gasteiger partial charge in [-0.15, -0.1) is 0 Å². The molecule has 0 radical (unpaired) electrons. The van der Waals surface area contributed by atoms with Crippen molar-refractivity contribution < 1.29 is 0 Å². The van der Waals surface area contributed by atoms with Crippen LogP contribution in [0.5, 0.6) is 0 Å². The van der Waals surface area contributed by atoms with Crippen LogP contribution in [-0.4, -0.2) is 11.8 Å². The van der Waals surface area contributed by atoms with Crippen LogP contribution in [0.25, 0.3) is 0 Å². The van der Waals surface area contributed by atoms with Gasteiger partial charge in [-0.3, -0.25) is 0 Å². The molecule has 0 heterocycles. The van der Waals surface area contributed by atoms with Crippen molar-refractivity contribution in [1.82, 2.24) is 0 Å². The van der Waals surface area contributed by atoms with Gasteiger partial charge in [-0.25, -0.2) is 0 Å². The first-order chi connectivity index (χ1) is 3.18. The minimum absolute atomic E-state index is 0.0139. The van der Waals surface area contributed by atoms with Gasteiger partial charge in [0.15, 0.2) is 0 Å². The van der Waals surface area contributed by atoms with Gasteiger partial charge in [-0.1, -0.05) is 6.92 Å². The molecule has 0 aromatic carbocycles. The third kappa shape index (κ3) is 2.34. The summed E-state index contributed by atoms with van der Waals surface area (Å²) in [7, 11) is 0. The van der Waals surface area contributed by atoms with E-state index in [9.17, 15) is 0 Å². The minimum Gasteiger partial charge on any atom is -0.323 e. The highest BCUT2D eigenvalue weighted by atomic mass is 14.7. The highest BCUT2D eigenvalue weighted by Crippen LogP contribution is 1.85. The lowest BCUT2D eigenvalue weighted by Crippen LogP contribution is -2.26. The maximum absolute atomic E-state index is 6.98. The van der Waals surface area contributed by atoms with Crippen LogP contribution in [0.1, 0.15) is 20.3 Å². The zero-order chi connectivity index (χ0) is 5.86. The van der Waals surface area contributed by atoms with Crippen LogP contribution in [0.2, 0.25) is 0 Å². The Kier molecular flexibility index (Phi) is 2.60. The van der Waals surface area contributed by atoms with Gasteiger partial charge in [0.05, 0.1) is 0 Å². The number of rotatable bonds is 2. The summed E-state index contributed by atoms with van der Waals surface area (Å²) in [5.41, 5.74) is 5.96. The minimum atomic E-state index is -0.0139. The van der Waals surface area contributed by atoms with E-state index in [2.05, 4.69) is 0 Å². The standard InChI is InChI=1S/C5H12N2/c1-3-5(7)4(2)6/h5-6H,3,7H2,1-2H3. The second kappa shape index (κ2) is 2.75. The van der Waals surface area contributed by atoms with E-state index in [-0.39, 0.29) is 6.04 Å². The molecule has 1 atom stereocenters. The van der Waals surface area contributed by atoms with Gasteiger partial charge < -0.3 is 11.1 Å². The van der Waals surface area contributed by atoms with Gasteiger partial charge in [0.25, 0.3) is 0 Å². The van der Waals surface area contributed by atoms with Crippen molar-refractivity contribution in [3.8, 4) is 0 Å². The molecule has 0 fully saturated rings. The molecule has 2 heteroatoms. The fourth-order valence-corrected chi connectivity index (χ4v) is 0.306. The molecular formula is C5H12N2. The number of hydrogen-bond donors (Lipinski definition) is 2. The first kappa shape index (κ1) is 6.63. The number of hydrogen-bond acceptors (Lipinski definition) is 2. The second-order valence-corrected chi connectivity index (χ2v) is 1.70. The van der Waals surface area contributed by atoms with E-state index in [1.54, 1.807) is 6.92 Å². The van der Waals surface area contributed by atoms with Crippen LogP contribution < -0.4 is 5.73 Å². The molecule has 0 aliphatic carbocycles. The largest absolute Gasteiger partial charge is 0.323 e. The van der Waals surface area contributed by atoms with Crippen LogP contribution in [0, 0.1) is 5.41 Å². The molecule has 42 valence electrons. The average molecular weight is 100 g/mol. The van der Waals surface area contributed by atoms with E-state index in [0.29, 0.717) is 5.71 Å². The quantitative estimate of drug-likeness (QED) is 0.494. The van der Waals surface area contributed by atoms with Crippen molar-refractivity contribution in [2.45, 2.75) is 26.3 Å². The fraction of sp³-hybridized carbons (Fsp3) is 0.800. The highest BCUT2D eigenvalue weighted by molar-refractivity contribution is 5.83. The Balaban J connectivity index is 3.34. The SMILES string of the molecule is CCC(N)C(C)=N. The molecule has 0 rings (SSSR count). The normalized spacial score (nSPS) is 13.6. The van der Waals surface area contributed by atoms with Gasteiger partial charge in [-0.05, 0) is 13.3 Å². The molecule has 2 nitrogen and oxygen atoms in total. The van der Waals surface area contributed by atoms with E-state index in [0.717, 1.165) is 6.42 Å². The molecule has 1 unspecified atom stereocenters. The molecule has 3 N–H and O–H groups in total. The molecule has 0 saturated heterocycles. The summed E-state index contributed by atoms with van der Waals surface area (Å²) >= 11 is 0. The maximum atomic E-state index is 6.98. The summed E-state index contributed by atoms with van der Waals surface area (Å²) in [5, 5.41) is 6.98. The Morgan fingerprint density at radius 1 is 1.86 bits per heavy atom. The molecular weight excluding hydrogens is 88.1 g/mol. The Labute approximate surface area is 44.2 Å². The molecule has 0 amide bonds. The Morgan fingerprint density at radius 3 is 2.29 bits per heavy atom. The van der Waals surface area contributed by atoms with E-state index in [4.69, 9.17) is 11.1 Å². The van der Waals surface area contributed by atoms with Crippen molar-refractivity contribution in [2.75, 3.05) is 0 Å².